The summed E-state index contributed by atoms with van der Waals surface area (Å²) in [6.07, 6.45) is -0.0212. The Morgan fingerprint density at radius 2 is 1.87 bits per heavy atom. The van der Waals surface area contributed by atoms with Crippen molar-refractivity contribution in [1.29, 1.82) is 0 Å². The van der Waals surface area contributed by atoms with E-state index in [1.54, 1.807) is 42.5 Å². The van der Waals surface area contributed by atoms with Crippen LogP contribution in [0.5, 0.6) is 0 Å². The van der Waals surface area contributed by atoms with Gasteiger partial charge in [-0.2, -0.15) is 0 Å². The van der Waals surface area contributed by atoms with E-state index < -0.39 is 30.4 Å². The van der Waals surface area contributed by atoms with Crippen LogP contribution in [0.2, 0.25) is 5.02 Å². The minimum absolute atomic E-state index is 0.0212. The van der Waals surface area contributed by atoms with E-state index in [9.17, 15) is 19.2 Å². The molecule has 3 rings (SSSR count). The van der Waals surface area contributed by atoms with Crippen LogP contribution in [-0.4, -0.2) is 44.0 Å². The number of nitrogens with one attached hydrogen (secondary N) is 1. The second-order valence-electron chi connectivity index (χ2n) is 7.06. The molecule has 0 saturated carbocycles. The van der Waals surface area contributed by atoms with Crippen LogP contribution in [0.4, 0.5) is 11.4 Å². The zero-order valence-electron chi connectivity index (χ0n) is 17.0. The fraction of sp³-hybridized carbons (Fsp3) is 0.273. The van der Waals surface area contributed by atoms with E-state index in [1.807, 2.05) is 6.92 Å². The number of hydrogen-bond acceptors (Lipinski definition) is 6. The highest BCUT2D eigenvalue weighted by Gasteiger charge is 2.36. The van der Waals surface area contributed by atoms with Crippen molar-refractivity contribution in [3.63, 3.8) is 0 Å². The third-order valence-electron chi connectivity index (χ3n) is 4.88. The van der Waals surface area contributed by atoms with Crippen LogP contribution >= 0.6 is 11.6 Å². The number of rotatable bonds is 6. The van der Waals surface area contributed by atoms with Crippen LogP contribution in [0.25, 0.3) is 0 Å². The fourth-order valence-electron chi connectivity index (χ4n) is 3.18. The van der Waals surface area contributed by atoms with Gasteiger partial charge in [-0.1, -0.05) is 17.7 Å². The monoisotopic (exact) mass is 444 g/mol. The van der Waals surface area contributed by atoms with Gasteiger partial charge in [-0.25, -0.2) is 4.79 Å². The first-order valence-electron chi connectivity index (χ1n) is 9.50. The van der Waals surface area contributed by atoms with Crippen LogP contribution in [0.15, 0.2) is 42.5 Å². The van der Waals surface area contributed by atoms with Gasteiger partial charge in [0.15, 0.2) is 6.61 Å². The molecular formula is C22H21ClN2O6. The summed E-state index contributed by atoms with van der Waals surface area (Å²) < 4.78 is 9.75. The lowest BCUT2D eigenvalue weighted by molar-refractivity contribution is -0.151. The van der Waals surface area contributed by atoms with Crippen molar-refractivity contribution in [2.75, 3.05) is 30.5 Å². The lowest BCUT2D eigenvalue weighted by Gasteiger charge is -2.17. The van der Waals surface area contributed by atoms with Crippen LogP contribution in [0.3, 0.4) is 0 Å². The van der Waals surface area contributed by atoms with Gasteiger partial charge in [-0.3, -0.25) is 14.4 Å². The summed E-state index contributed by atoms with van der Waals surface area (Å²) >= 11 is 5.93. The molecule has 0 radical (unpaired) electrons. The molecule has 0 aliphatic carbocycles. The molecule has 1 fully saturated rings. The van der Waals surface area contributed by atoms with Gasteiger partial charge >= 0.3 is 11.9 Å². The Kier molecular flexibility index (Phi) is 6.91. The number of anilines is 2. The average Bonchev–Trinajstić information content (AvgIpc) is 3.16. The number of amides is 2. The van der Waals surface area contributed by atoms with Gasteiger partial charge in [-0.05, 0) is 48.9 Å². The number of aryl methyl sites for hydroxylation is 1. The zero-order valence-corrected chi connectivity index (χ0v) is 17.8. The number of halogens is 1. The van der Waals surface area contributed by atoms with Crippen molar-refractivity contribution in [1.82, 2.24) is 0 Å². The van der Waals surface area contributed by atoms with Crippen molar-refractivity contribution >= 4 is 46.7 Å². The molecule has 8 nitrogen and oxygen atoms in total. The first-order chi connectivity index (χ1) is 14.8. The fourth-order valence-corrected chi connectivity index (χ4v) is 3.35. The Morgan fingerprint density at radius 3 is 2.55 bits per heavy atom. The Hall–Kier alpha value is -3.39. The topological polar surface area (TPSA) is 102 Å². The molecule has 1 heterocycles. The minimum atomic E-state index is -0.687. The van der Waals surface area contributed by atoms with Crippen molar-refractivity contribution < 1.29 is 28.7 Å². The van der Waals surface area contributed by atoms with Crippen molar-refractivity contribution in [3.8, 4) is 0 Å². The smallest absolute Gasteiger partial charge is 0.337 e. The van der Waals surface area contributed by atoms with E-state index in [2.05, 4.69) is 10.1 Å². The molecule has 2 aromatic rings. The summed E-state index contributed by atoms with van der Waals surface area (Å²) in [5.41, 5.74) is 2.27. The van der Waals surface area contributed by atoms with Gasteiger partial charge in [0, 0.05) is 29.4 Å². The van der Waals surface area contributed by atoms with Crippen molar-refractivity contribution in [3.05, 3.63) is 58.6 Å². The summed E-state index contributed by atoms with van der Waals surface area (Å²) in [6.45, 7) is 1.47. The standard InChI is InChI=1S/C22H21ClN2O6/c1-13-3-6-16(23)10-18(13)24-19(26)12-31-22(29)15-9-20(27)25(11-15)17-7-4-14(5-8-17)21(28)30-2/h3-8,10,15H,9,11-12H2,1-2H3,(H,24,26)/t15-/m0/s1. The molecule has 31 heavy (non-hydrogen) atoms. The predicted octanol–water partition coefficient (Wildman–Crippen LogP) is 2.97. The van der Waals surface area contributed by atoms with Crippen LogP contribution in [0, 0.1) is 12.8 Å². The van der Waals surface area contributed by atoms with Crippen molar-refractivity contribution in [2.24, 2.45) is 5.92 Å². The molecule has 1 aliphatic heterocycles. The molecule has 0 bridgehead atoms. The molecule has 1 atom stereocenters. The maximum Gasteiger partial charge on any atom is 0.337 e. The molecule has 0 unspecified atom stereocenters. The highest BCUT2D eigenvalue weighted by molar-refractivity contribution is 6.31. The Labute approximate surface area is 184 Å². The van der Waals surface area contributed by atoms with Crippen LogP contribution in [-0.2, 0) is 23.9 Å². The number of esters is 2. The van der Waals surface area contributed by atoms with Gasteiger partial charge in [0.05, 0.1) is 18.6 Å². The molecule has 162 valence electrons. The third-order valence-corrected chi connectivity index (χ3v) is 5.11. The van der Waals surface area contributed by atoms with Crippen LogP contribution < -0.4 is 10.2 Å². The quantitative estimate of drug-likeness (QED) is 0.687. The number of benzene rings is 2. The third kappa shape index (κ3) is 5.40. The molecule has 1 saturated heterocycles. The number of carbonyl (C=O) groups is 4. The maximum atomic E-state index is 12.4. The summed E-state index contributed by atoms with van der Waals surface area (Å²) in [6, 6.07) is 11.4. The van der Waals surface area contributed by atoms with Gasteiger partial charge < -0.3 is 19.7 Å². The summed E-state index contributed by atoms with van der Waals surface area (Å²) in [7, 11) is 1.28. The molecule has 1 N–H and O–H groups in total. The van der Waals surface area contributed by atoms with E-state index in [0.717, 1.165) is 5.56 Å². The van der Waals surface area contributed by atoms with Gasteiger partial charge in [0.1, 0.15) is 0 Å². The number of ether oxygens (including phenoxy) is 2. The zero-order chi connectivity index (χ0) is 22.5. The van der Waals surface area contributed by atoms with E-state index in [1.165, 1.54) is 12.0 Å². The SMILES string of the molecule is COC(=O)c1ccc(N2C[C@@H](C(=O)OCC(=O)Nc3cc(Cl)ccc3C)CC2=O)cc1. The number of carbonyl (C=O) groups excluding carboxylic acids is 4. The lowest BCUT2D eigenvalue weighted by atomic mass is 10.1. The first kappa shape index (κ1) is 22.3. The molecule has 2 aromatic carbocycles. The number of hydrogen-bond donors (Lipinski definition) is 1. The van der Waals surface area contributed by atoms with Gasteiger partial charge in [0.2, 0.25) is 5.91 Å². The molecule has 0 spiro atoms. The first-order valence-corrected chi connectivity index (χ1v) is 9.87. The second-order valence-corrected chi connectivity index (χ2v) is 7.50. The highest BCUT2D eigenvalue weighted by atomic mass is 35.5. The molecular weight excluding hydrogens is 424 g/mol. The Bertz CT molecular complexity index is 1020. The summed E-state index contributed by atoms with van der Waals surface area (Å²) in [4.78, 5) is 49.8. The summed E-state index contributed by atoms with van der Waals surface area (Å²) in [5.74, 6) is -2.54. The minimum Gasteiger partial charge on any atom is -0.465 e. The second kappa shape index (κ2) is 9.61. The number of nitrogens with zero attached hydrogens (tertiary/aromatic N) is 1. The Morgan fingerprint density at radius 1 is 1.16 bits per heavy atom. The molecule has 0 aromatic heterocycles. The van der Waals surface area contributed by atoms with E-state index in [4.69, 9.17) is 16.3 Å². The molecule has 9 heteroatoms. The normalized spacial score (nSPS) is 15.5. The van der Waals surface area contributed by atoms with Gasteiger partial charge in [0.25, 0.3) is 5.91 Å². The average molecular weight is 445 g/mol. The van der Waals surface area contributed by atoms with Crippen molar-refractivity contribution in [2.45, 2.75) is 13.3 Å². The summed E-state index contributed by atoms with van der Waals surface area (Å²) in [5, 5.41) is 3.12. The number of methoxy groups -OCH3 is 1. The van der Waals surface area contributed by atoms with E-state index in [0.29, 0.717) is 22.0 Å². The largest absolute Gasteiger partial charge is 0.465 e. The Balaban J connectivity index is 1.54. The van der Waals surface area contributed by atoms with E-state index in [-0.39, 0.29) is 18.9 Å². The van der Waals surface area contributed by atoms with Crippen LogP contribution in [0.1, 0.15) is 22.3 Å². The molecule has 2 amide bonds. The predicted molar refractivity (Wildman–Crippen MR) is 114 cm³/mol. The lowest BCUT2D eigenvalue weighted by Crippen LogP contribution is -2.28. The van der Waals surface area contributed by atoms with Gasteiger partial charge in [-0.15, -0.1) is 0 Å². The highest BCUT2D eigenvalue weighted by Crippen LogP contribution is 2.26. The molecule has 1 aliphatic rings. The van der Waals surface area contributed by atoms with E-state index >= 15 is 0 Å². The maximum absolute atomic E-state index is 12.4.